The van der Waals surface area contributed by atoms with E-state index in [1.165, 1.54) is 28.6 Å². The van der Waals surface area contributed by atoms with Crippen LogP contribution in [0.1, 0.15) is 20.3 Å². The number of carbonyl (C=O) groups excluding carboxylic acids is 1. The molecule has 1 aromatic rings. The Hall–Kier alpha value is -2.04. The maximum atomic E-state index is 12.6. The number of nitro groups is 1. The molecule has 0 aromatic heterocycles. The molecule has 1 saturated heterocycles. The highest BCUT2D eigenvalue weighted by Gasteiger charge is 2.29. The highest BCUT2D eigenvalue weighted by molar-refractivity contribution is 7.89. The van der Waals surface area contributed by atoms with Gasteiger partial charge in [0.1, 0.15) is 0 Å². The highest BCUT2D eigenvalue weighted by Crippen LogP contribution is 2.20. The lowest BCUT2D eigenvalue weighted by Crippen LogP contribution is -2.51. The lowest BCUT2D eigenvalue weighted by Gasteiger charge is -2.33. The number of amides is 1. The summed E-state index contributed by atoms with van der Waals surface area (Å²) in [4.78, 5) is 24.0. The second-order valence-electron chi connectivity index (χ2n) is 6.31. The van der Waals surface area contributed by atoms with Gasteiger partial charge in [-0.05, 0) is 25.5 Å². The van der Waals surface area contributed by atoms with Crippen molar-refractivity contribution in [3.05, 3.63) is 34.4 Å². The van der Waals surface area contributed by atoms with E-state index in [4.69, 9.17) is 0 Å². The van der Waals surface area contributed by atoms with E-state index in [9.17, 15) is 23.3 Å². The molecule has 10 heteroatoms. The first kappa shape index (κ1) is 20.3. The predicted octanol–water partition coefficient (Wildman–Crippen LogP) is 0.816. The van der Waals surface area contributed by atoms with Crippen LogP contribution >= 0.6 is 0 Å². The van der Waals surface area contributed by atoms with Gasteiger partial charge in [0.25, 0.3) is 5.69 Å². The van der Waals surface area contributed by atoms with E-state index in [1.54, 1.807) is 0 Å². The number of nitrogens with one attached hydrogen (secondary N) is 1. The summed E-state index contributed by atoms with van der Waals surface area (Å²) >= 11 is 0. The monoisotopic (exact) mass is 384 g/mol. The summed E-state index contributed by atoms with van der Waals surface area (Å²) < 4.78 is 26.6. The Bertz CT molecular complexity index is 742. The van der Waals surface area contributed by atoms with Crippen LogP contribution in [0.3, 0.4) is 0 Å². The van der Waals surface area contributed by atoms with Crippen molar-refractivity contribution >= 4 is 21.6 Å². The van der Waals surface area contributed by atoms with E-state index in [0.29, 0.717) is 13.1 Å². The molecule has 1 atom stereocenters. The SMILES string of the molecule is CCC(C)NC(=O)CN1CCN(S(=O)(=O)c2ccc([N+](=O)[O-])cc2)CC1. The van der Waals surface area contributed by atoms with Crippen molar-refractivity contribution < 1.29 is 18.1 Å². The first-order chi connectivity index (χ1) is 12.2. The number of hydrogen-bond donors (Lipinski definition) is 1. The summed E-state index contributed by atoms with van der Waals surface area (Å²) in [5.41, 5.74) is -0.152. The molecule has 0 saturated carbocycles. The summed E-state index contributed by atoms with van der Waals surface area (Å²) in [5.74, 6) is -0.0639. The van der Waals surface area contributed by atoms with Crippen molar-refractivity contribution in [2.24, 2.45) is 0 Å². The van der Waals surface area contributed by atoms with Crippen LogP contribution in [0.4, 0.5) is 5.69 Å². The molecule has 26 heavy (non-hydrogen) atoms. The number of carbonyl (C=O) groups is 1. The van der Waals surface area contributed by atoms with Gasteiger partial charge in [0.15, 0.2) is 0 Å². The molecule has 0 bridgehead atoms. The molecule has 144 valence electrons. The molecule has 1 heterocycles. The molecule has 9 nitrogen and oxygen atoms in total. The van der Waals surface area contributed by atoms with E-state index in [-0.39, 0.29) is 42.2 Å². The van der Waals surface area contributed by atoms with Gasteiger partial charge in [-0.25, -0.2) is 8.42 Å². The Kier molecular flexibility index (Phi) is 6.68. The smallest absolute Gasteiger partial charge is 0.269 e. The van der Waals surface area contributed by atoms with E-state index in [0.717, 1.165) is 6.42 Å². The number of nitro benzene ring substituents is 1. The van der Waals surface area contributed by atoms with E-state index in [1.807, 2.05) is 18.7 Å². The fraction of sp³-hybridized carbons (Fsp3) is 0.562. The maximum absolute atomic E-state index is 12.6. The van der Waals surface area contributed by atoms with Crippen molar-refractivity contribution in [3.8, 4) is 0 Å². The topological polar surface area (TPSA) is 113 Å². The molecule has 1 N–H and O–H groups in total. The normalized spacial score (nSPS) is 17.6. The molecule has 1 aromatic carbocycles. The van der Waals surface area contributed by atoms with Gasteiger partial charge in [-0.1, -0.05) is 6.92 Å². The lowest BCUT2D eigenvalue weighted by atomic mass is 10.2. The second kappa shape index (κ2) is 8.56. The molecule has 1 fully saturated rings. The standard InChI is InChI=1S/C16H24N4O5S/c1-3-13(2)17-16(21)12-18-8-10-19(11-9-18)26(24,25)15-6-4-14(5-7-15)20(22)23/h4-7,13H,3,8-12H2,1-2H3,(H,17,21). The molecular weight excluding hydrogens is 360 g/mol. The number of hydrogen-bond acceptors (Lipinski definition) is 6. The lowest BCUT2D eigenvalue weighted by molar-refractivity contribution is -0.384. The first-order valence-electron chi connectivity index (χ1n) is 8.50. The van der Waals surface area contributed by atoms with Crippen molar-refractivity contribution in [3.63, 3.8) is 0 Å². The van der Waals surface area contributed by atoms with E-state index in [2.05, 4.69) is 5.32 Å². The highest BCUT2D eigenvalue weighted by atomic mass is 32.2. The molecule has 0 radical (unpaired) electrons. The van der Waals surface area contributed by atoms with Gasteiger partial charge in [0.05, 0.1) is 16.4 Å². The van der Waals surface area contributed by atoms with Crippen LogP contribution < -0.4 is 5.32 Å². The van der Waals surface area contributed by atoms with E-state index < -0.39 is 14.9 Å². The summed E-state index contributed by atoms with van der Waals surface area (Å²) in [6.45, 7) is 5.64. The average molecular weight is 384 g/mol. The third-order valence-corrected chi connectivity index (χ3v) is 6.32. The van der Waals surface area contributed by atoms with Gasteiger partial charge in [-0.2, -0.15) is 4.31 Å². The fourth-order valence-electron chi connectivity index (χ4n) is 2.64. The van der Waals surface area contributed by atoms with Crippen LogP contribution in [0.5, 0.6) is 0 Å². The molecule has 0 aliphatic carbocycles. The van der Waals surface area contributed by atoms with Gasteiger partial charge >= 0.3 is 0 Å². The van der Waals surface area contributed by atoms with E-state index >= 15 is 0 Å². The number of benzene rings is 1. The van der Waals surface area contributed by atoms with Crippen LogP contribution in [-0.2, 0) is 14.8 Å². The van der Waals surface area contributed by atoms with Crippen LogP contribution in [0, 0.1) is 10.1 Å². The van der Waals surface area contributed by atoms with Crippen LogP contribution in [0.2, 0.25) is 0 Å². The number of sulfonamides is 1. The van der Waals surface area contributed by atoms with Crippen molar-refractivity contribution in [1.29, 1.82) is 0 Å². The van der Waals surface area contributed by atoms with Gasteiger partial charge < -0.3 is 5.32 Å². The van der Waals surface area contributed by atoms with Gasteiger partial charge in [-0.15, -0.1) is 0 Å². The molecule has 0 spiro atoms. The summed E-state index contributed by atoms with van der Waals surface area (Å²) in [6, 6.07) is 4.98. The van der Waals surface area contributed by atoms with Crippen LogP contribution in [0.15, 0.2) is 29.2 Å². The Balaban J connectivity index is 1.93. The van der Waals surface area contributed by atoms with Crippen LogP contribution in [-0.4, -0.2) is 67.2 Å². The fourth-order valence-corrected chi connectivity index (χ4v) is 4.06. The summed E-state index contributed by atoms with van der Waals surface area (Å²) in [7, 11) is -3.70. The minimum atomic E-state index is -3.70. The molecule has 1 amide bonds. The minimum absolute atomic E-state index is 0.0334. The molecule has 1 aliphatic heterocycles. The van der Waals surface area contributed by atoms with Gasteiger partial charge in [-0.3, -0.25) is 19.8 Å². The predicted molar refractivity (Wildman–Crippen MR) is 96.2 cm³/mol. The quantitative estimate of drug-likeness (QED) is 0.550. The zero-order valence-electron chi connectivity index (χ0n) is 14.9. The zero-order chi connectivity index (χ0) is 19.3. The Morgan fingerprint density at radius 3 is 2.31 bits per heavy atom. The molecular formula is C16H24N4O5S. The Morgan fingerprint density at radius 2 is 1.81 bits per heavy atom. The first-order valence-corrected chi connectivity index (χ1v) is 9.94. The minimum Gasteiger partial charge on any atom is -0.353 e. The van der Waals surface area contributed by atoms with Crippen molar-refractivity contribution in [2.45, 2.75) is 31.2 Å². The van der Waals surface area contributed by atoms with Gasteiger partial charge in [0, 0.05) is 44.4 Å². The Morgan fingerprint density at radius 1 is 1.23 bits per heavy atom. The van der Waals surface area contributed by atoms with Crippen molar-refractivity contribution in [1.82, 2.24) is 14.5 Å². The molecule has 1 unspecified atom stereocenters. The van der Waals surface area contributed by atoms with Crippen LogP contribution in [0.25, 0.3) is 0 Å². The number of piperazine rings is 1. The Labute approximate surface area is 153 Å². The maximum Gasteiger partial charge on any atom is 0.269 e. The second-order valence-corrected chi connectivity index (χ2v) is 8.25. The third kappa shape index (κ3) is 4.99. The molecule has 2 rings (SSSR count). The number of rotatable bonds is 7. The molecule has 1 aliphatic rings. The average Bonchev–Trinajstić information content (AvgIpc) is 2.62. The largest absolute Gasteiger partial charge is 0.353 e. The summed E-state index contributed by atoms with van der Waals surface area (Å²) in [6.07, 6.45) is 0.854. The zero-order valence-corrected chi connectivity index (χ0v) is 15.7. The summed E-state index contributed by atoms with van der Waals surface area (Å²) in [5, 5.41) is 13.6. The van der Waals surface area contributed by atoms with Crippen molar-refractivity contribution in [2.75, 3.05) is 32.7 Å². The number of nitrogens with zero attached hydrogens (tertiary/aromatic N) is 3. The van der Waals surface area contributed by atoms with Gasteiger partial charge in [0.2, 0.25) is 15.9 Å². The number of non-ortho nitro benzene ring substituents is 1. The third-order valence-electron chi connectivity index (χ3n) is 4.40.